The van der Waals surface area contributed by atoms with Crippen LogP contribution in [0, 0.1) is 17.8 Å². The fourth-order valence-corrected chi connectivity index (χ4v) is 7.21. The van der Waals surface area contributed by atoms with Gasteiger partial charge in [0.15, 0.2) is 0 Å². The summed E-state index contributed by atoms with van der Waals surface area (Å²) in [7, 11) is 1.77. The third kappa shape index (κ3) is 2.99. The molecule has 4 saturated carbocycles. The predicted molar refractivity (Wildman–Crippen MR) is 117 cm³/mol. The van der Waals surface area contributed by atoms with Gasteiger partial charge >= 0.3 is 5.69 Å². The van der Waals surface area contributed by atoms with Crippen molar-refractivity contribution >= 4 is 16.9 Å². The van der Waals surface area contributed by atoms with Gasteiger partial charge in [0, 0.05) is 12.6 Å². The van der Waals surface area contributed by atoms with Crippen molar-refractivity contribution in [2.24, 2.45) is 24.8 Å². The van der Waals surface area contributed by atoms with Crippen LogP contribution in [0.5, 0.6) is 0 Å². The number of hydrogen-bond donors (Lipinski definition) is 0. The summed E-state index contributed by atoms with van der Waals surface area (Å²) in [4.78, 5) is 28.9. The first-order valence-corrected chi connectivity index (χ1v) is 11.5. The zero-order valence-corrected chi connectivity index (χ0v) is 18.0. The maximum absolute atomic E-state index is 13.9. The highest BCUT2D eigenvalue weighted by Gasteiger charge is 2.54. The fraction of sp³-hybridized carbons (Fsp3) is 0.520. The Hall–Kier alpha value is -2.76. The molecule has 2 heterocycles. The number of nitrogens with zero attached hydrogens (tertiary/aromatic N) is 3. The molecule has 1 aromatic carbocycles. The Labute approximate surface area is 181 Å². The zero-order valence-electron chi connectivity index (χ0n) is 18.0. The van der Waals surface area contributed by atoms with Crippen molar-refractivity contribution in [1.82, 2.24) is 14.0 Å². The molecule has 0 unspecified atom stereocenters. The number of carbonyl (C=O) groups is 1. The largest absolute Gasteiger partial charge is 0.467 e. The third-order valence-electron chi connectivity index (χ3n) is 8.12. The van der Waals surface area contributed by atoms with Crippen molar-refractivity contribution in [3.63, 3.8) is 0 Å². The molecule has 1 amide bonds. The molecule has 0 atom stereocenters. The maximum Gasteiger partial charge on any atom is 0.329 e. The molecule has 6 heteroatoms. The number of aryl methyl sites for hydroxylation is 1. The maximum atomic E-state index is 13.9. The van der Waals surface area contributed by atoms with Gasteiger partial charge in [0.1, 0.15) is 12.3 Å². The van der Waals surface area contributed by atoms with Gasteiger partial charge < -0.3 is 9.32 Å². The summed E-state index contributed by atoms with van der Waals surface area (Å²) in [5, 5.41) is 0. The highest BCUT2D eigenvalue weighted by molar-refractivity contribution is 5.81. The van der Waals surface area contributed by atoms with Gasteiger partial charge in [-0.15, -0.1) is 0 Å². The molecular weight excluding hydrogens is 390 g/mol. The Bertz CT molecular complexity index is 1150. The first-order valence-electron chi connectivity index (χ1n) is 11.5. The van der Waals surface area contributed by atoms with Gasteiger partial charge in [-0.3, -0.25) is 13.9 Å². The SMILES string of the molecule is Cn1c(=O)n(CC(=O)N(Cc2ccco2)C23CC4CC(CC(C4)C2)C3)c2ccccc21. The second-order valence-electron chi connectivity index (χ2n) is 10.1. The lowest BCUT2D eigenvalue weighted by Gasteiger charge is -2.60. The van der Waals surface area contributed by atoms with Crippen LogP contribution in [0.4, 0.5) is 0 Å². The van der Waals surface area contributed by atoms with Crippen LogP contribution in [-0.2, 0) is 24.9 Å². The Morgan fingerprint density at radius 1 is 1.03 bits per heavy atom. The second kappa shape index (κ2) is 6.87. The Balaban J connectivity index is 1.38. The summed E-state index contributed by atoms with van der Waals surface area (Å²) in [6, 6.07) is 11.5. The van der Waals surface area contributed by atoms with Gasteiger partial charge in [0.25, 0.3) is 0 Å². The Morgan fingerprint density at radius 3 is 2.29 bits per heavy atom. The normalized spacial score (nSPS) is 29.0. The smallest absolute Gasteiger partial charge is 0.329 e. The van der Waals surface area contributed by atoms with E-state index in [2.05, 4.69) is 4.90 Å². The minimum absolute atomic E-state index is 0.0248. The van der Waals surface area contributed by atoms with E-state index in [4.69, 9.17) is 4.42 Å². The Morgan fingerprint density at radius 2 is 1.68 bits per heavy atom. The number of rotatable bonds is 5. The molecule has 0 saturated heterocycles. The molecule has 4 bridgehead atoms. The van der Waals surface area contributed by atoms with Crippen LogP contribution in [0.25, 0.3) is 11.0 Å². The van der Waals surface area contributed by atoms with E-state index in [9.17, 15) is 9.59 Å². The van der Waals surface area contributed by atoms with Gasteiger partial charge in [0.05, 0.1) is 23.8 Å². The van der Waals surface area contributed by atoms with Crippen LogP contribution in [0.2, 0.25) is 0 Å². The van der Waals surface area contributed by atoms with E-state index in [-0.39, 0.29) is 23.7 Å². The van der Waals surface area contributed by atoms with E-state index in [1.54, 1.807) is 22.4 Å². The summed E-state index contributed by atoms with van der Waals surface area (Å²) in [6.45, 7) is 0.556. The summed E-state index contributed by atoms with van der Waals surface area (Å²) in [5.74, 6) is 3.04. The monoisotopic (exact) mass is 419 g/mol. The van der Waals surface area contributed by atoms with Crippen molar-refractivity contribution in [3.8, 4) is 0 Å². The van der Waals surface area contributed by atoms with Crippen LogP contribution >= 0.6 is 0 Å². The number of para-hydroxylation sites is 2. The molecule has 0 radical (unpaired) electrons. The first-order chi connectivity index (χ1) is 15.0. The summed E-state index contributed by atoms with van der Waals surface area (Å²) in [6.07, 6.45) is 8.93. The molecule has 0 N–H and O–H groups in total. The van der Waals surface area contributed by atoms with Crippen LogP contribution in [-0.4, -0.2) is 25.5 Å². The minimum atomic E-state index is -0.141. The van der Waals surface area contributed by atoms with E-state index >= 15 is 0 Å². The van der Waals surface area contributed by atoms with E-state index in [0.29, 0.717) is 6.54 Å². The van der Waals surface area contributed by atoms with Crippen LogP contribution in [0.15, 0.2) is 51.9 Å². The standard InChI is InChI=1S/C25H29N3O3/c1-26-21-6-2-3-7-22(21)27(24(26)30)16-23(29)28(15-20-5-4-8-31-20)25-12-17-9-18(13-25)11-19(10-17)14-25/h2-8,17-19H,9-16H2,1H3. The van der Waals surface area contributed by atoms with Gasteiger partial charge in [0.2, 0.25) is 5.91 Å². The number of hydrogen-bond acceptors (Lipinski definition) is 3. The number of fused-ring (bicyclic) bond motifs is 1. The molecule has 162 valence electrons. The average Bonchev–Trinajstić information content (AvgIpc) is 3.34. The van der Waals surface area contributed by atoms with Gasteiger partial charge in [-0.2, -0.15) is 0 Å². The van der Waals surface area contributed by atoms with E-state index in [0.717, 1.165) is 53.8 Å². The minimum Gasteiger partial charge on any atom is -0.467 e. The number of imidazole rings is 1. The Kier molecular flexibility index (Phi) is 4.20. The van der Waals surface area contributed by atoms with Crippen molar-refractivity contribution in [1.29, 1.82) is 0 Å². The first kappa shape index (κ1) is 19.0. The van der Waals surface area contributed by atoms with E-state index in [1.165, 1.54) is 19.3 Å². The molecule has 31 heavy (non-hydrogen) atoms. The average molecular weight is 420 g/mol. The quantitative estimate of drug-likeness (QED) is 0.630. The molecule has 2 aromatic heterocycles. The zero-order chi connectivity index (χ0) is 21.2. The number of furan rings is 1. The number of benzene rings is 1. The second-order valence-corrected chi connectivity index (χ2v) is 10.1. The number of carbonyl (C=O) groups excluding carboxylic acids is 1. The lowest BCUT2D eigenvalue weighted by atomic mass is 9.52. The van der Waals surface area contributed by atoms with Crippen molar-refractivity contribution < 1.29 is 9.21 Å². The molecule has 3 aromatic rings. The van der Waals surface area contributed by atoms with E-state index in [1.807, 2.05) is 36.4 Å². The number of amides is 1. The molecule has 4 fully saturated rings. The highest BCUT2D eigenvalue weighted by atomic mass is 16.3. The van der Waals surface area contributed by atoms with E-state index < -0.39 is 0 Å². The van der Waals surface area contributed by atoms with Crippen LogP contribution < -0.4 is 5.69 Å². The molecule has 7 rings (SSSR count). The van der Waals surface area contributed by atoms with Crippen LogP contribution in [0.1, 0.15) is 44.3 Å². The summed E-state index contributed by atoms with van der Waals surface area (Å²) < 4.78 is 8.92. The van der Waals surface area contributed by atoms with Gasteiger partial charge in [-0.25, -0.2) is 4.79 Å². The molecule has 0 aliphatic heterocycles. The lowest BCUT2D eigenvalue weighted by molar-refractivity contribution is -0.153. The summed E-state index contributed by atoms with van der Waals surface area (Å²) in [5.41, 5.74) is 1.44. The molecule has 6 nitrogen and oxygen atoms in total. The van der Waals surface area contributed by atoms with Crippen molar-refractivity contribution in [3.05, 3.63) is 58.9 Å². The predicted octanol–water partition coefficient (Wildman–Crippen LogP) is 3.93. The molecule has 4 aliphatic carbocycles. The van der Waals surface area contributed by atoms with Crippen molar-refractivity contribution in [2.45, 2.75) is 57.2 Å². The summed E-state index contributed by atoms with van der Waals surface area (Å²) >= 11 is 0. The van der Waals surface area contributed by atoms with Gasteiger partial charge in [-0.1, -0.05) is 12.1 Å². The van der Waals surface area contributed by atoms with Gasteiger partial charge in [-0.05, 0) is 80.5 Å². The third-order valence-corrected chi connectivity index (χ3v) is 8.12. The van der Waals surface area contributed by atoms with Crippen LogP contribution in [0.3, 0.4) is 0 Å². The highest BCUT2D eigenvalue weighted by Crippen LogP contribution is 2.58. The lowest BCUT2D eigenvalue weighted by Crippen LogP contribution is -2.61. The number of aromatic nitrogens is 2. The van der Waals surface area contributed by atoms with Crippen molar-refractivity contribution in [2.75, 3.05) is 0 Å². The molecular formula is C25H29N3O3. The topological polar surface area (TPSA) is 60.4 Å². The molecule has 0 spiro atoms. The fourth-order valence-electron chi connectivity index (χ4n) is 7.21. The molecule has 4 aliphatic rings.